The van der Waals surface area contributed by atoms with Crippen LogP contribution in [0.5, 0.6) is 0 Å². The Morgan fingerprint density at radius 1 is 0.356 bits per heavy atom. The molecule has 1 saturated carbocycles. The Hall–Kier alpha value is -2.79. The Kier molecular flexibility index (Phi) is 65.2. The van der Waals surface area contributed by atoms with E-state index >= 15 is 0 Å². The third kappa shape index (κ3) is 50.4. The Labute approximate surface area is 712 Å². The van der Waals surface area contributed by atoms with Crippen LogP contribution in [0, 0.1) is 5.92 Å². The van der Waals surface area contributed by atoms with Crippen molar-refractivity contribution in [2.45, 2.75) is 518 Å². The maximum atomic E-state index is 14.9. The number of ether oxygens (including phenoxy) is 8. The van der Waals surface area contributed by atoms with Crippen LogP contribution in [0.3, 0.4) is 0 Å². The Balaban J connectivity index is 1.92. The SMILES string of the molecule is CCCCCC/C=C\CCCCCCCCCC(=O)OCC1OC(OC2C(OC(=O)CCCCCCCCC(C)CCCCCCCC)C(O)C(O)C(OC3OC(CO)C(O)C(O)C3O)C2OP(=O)(O)OCC(COC(=O)CCCCCCCCCCCCCCCCC)OC(=O)CCCCCCCCCCCCCCC)C(O)C(O)C1O. The van der Waals surface area contributed by atoms with Crippen molar-refractivity contribution in [2.24, 2.45) is 5.92 Å². The highest BCUT2D eigenvalue weighted by Gasteiger charge is 2.60. The molecular formula is C92H171O25P. The zero-order valence-electron chi connectivity index (χ0n) is 74.1. The molecule has 3 fully saturated rings. The molecule has 0 aromatic heterocycles. The first kappa shape index (κ1) is 109. The fourth-order valence-corrected chi connectivity index (χ4v) is 16.9. The van der Waals surface area contributed by atoms with E-state index < -0.39 is 162 Å². The molecule has 3 aliphatic rings. The average molecular weight is 1710 g/mol. The standard InChI is InChI=1S/C92H171O25P/c1-6-10-14-18-22-25-28-31-33-36-38-41-44-51-57-63-75(94)108-68-72(111-77(96)65-59-53-46-43-40-35-30-27-24-20-16-12-8-3)69-110-118(106,107)117-90-88(115-91-85(104)81(100)79(98)73(67-93)112-91)84(103)83(102)87(114-78(97)66-60-54-48-47-50-56-62-71(5)61-55-49-21-17-13-9-4)89(90)116-92-86(105)82(101)80(99)74(113-92)70-109-76(95)64-58-52-45-42-39-37-34-32-29-26-23-19-15-11-7-2/h26,29,71-74,79-93,98-105H,6-25,27-28,30-70H2,1-5H3,(H,106,107)/b29-26-. The zero-order chi connectivity index (χ0) is 86.2. The van der Waals surface area contributed by atoms with Gasteiger partial charge in [0.2, 0.25) is 0 Å². The summed E-state index contributed by atoms with van der Waals surface area (Å²) in [5.41, 5.74) is 0. The monoisotopic (exact) mass is 1710 g/mol. The molecular weight excluding hydrogens is 1540 g/mol. The van der Waals surface area contributed by atoms with Gasteiger partial charge >= 0.3 is 31.7 Å². The van der Waals surface area contributed by atoms with Gasteiger partial charge in [0.1, 0.15) is 92.6 Å². The Bertz CT molecular complexity index is 2520. The van der Waals surface area contributed by atoms with Crippen molar-refractivity contribution in [1.82, 2.24) is 0 Å². The fraction of sp³-hybridized carbons (Fsp3) is 0.935. The van der Waals surface area contributed by atoms with Gasteiger partial charge in [0.05, 0.1) is 13.2 Å². The lowest BCUT2D eigenvalue weighted by Gasteiger charge is -2.50. The van der Waals surface area contributed by atoms with Crippen molar-refractivity contribution < 1.29 is 122 Å². The Morgan fingerprint density at radius 3 is 1.10 bits per heavy atom. The summed E-state index contributed by atoms with van der Waals surface area (Å²) in [7, 11) is -5.81. The van der Waals surface area contributed by atoms with Gasteiger partial charge in [0, 0.05) is 25.7 Å². The van der Waals surface area contributed by atoms with Crippen LogP contribution in [0.4, 0.5) is 0 Å². The molecule has 0 aromatic rings. The number of esters is 4. The van der Waals surface area contributed by atoms with Gasteiger partial charge in [0.25, 0.3) is 0 Å². The zero-order valence-corrected chi connectivity index (χ0v) is 75.0. The molecule has 2 aliphatic heterocycles. The number of aliphatic hydroxyl groups excluding tert-OH is 9. The predicted molar refractivity (Wildman–Crippen MR) is 458 cm³/mol. The van der Waals surface area contributed by atoms with Crippen LogP contribution in [0.1, 0.15) is 413 Å². The number of carbonyl (C=O) groups is 4. The number of carbonyl (C=O) groups excluding carboxylic acids is 4. The molecule has 3 rings (SSSR count). The maximum Gasteiger partial charge on any atom is 0.472 e. The predicted octanol–water partition coefficient (Wildman–Crippen LogP) is 17.8. The molecule has 25 nitrogen and oxygen atoms in total. The number of phosphoric acid groups is 1. The summed E-state index contributed by atoms with van der Waals surface area (Å²) >= 11 is 0. The van der Waals surface area contributed by atoms with Crippen molar-refractivity contribution in [2.75, 3.05) is 26.4 Å². The average Bonchev–Trinajstić information content (AvgIpc) is 0.754. The van der Waals surface area contributed by atoms with Gasteiger partial charge < -0.3 is 88.7 Å². The molecule has 26 heteroatoms. The molecule has 1 aliphatic carbocycles. The van der Waals surface area contributed by atoms with Gasteiger partial charge in [-0.05, 0) is 57.3 Å². The highest BCUT2D eigenvalue weighted by Crippen LogP contribution is 2.49. The summed E-state index contributed by atoms with van der Waals surface area (Å²) in [5, 5.41) is 102. The molecule has 19 atom stereocenters. The topological polar surface area (TPSA) is 380 Å². The van der Waals surface area contributed by atoms with Crippen LogP contribution in [0.15, 0.2) is 12.2 Å². The molecule has 2 heterocycles. The first-order valence-corrected chi connectivity index (χ1v) is 49.3. The highest BCUT2D eigenvalue weighted by molar-refractivity contribution is 7.47. The number of rotatable bonds is 77. The molecule has 694 valence electrons. The largest absolute Gasteiger partial charge is 0.472 e. The number of allylic oxidation sites excluding steroid dienone is 2. The molecule has 0 radical (unpaired) electrons. The summed E-state index contributed by atoms with van der Waals surface area (Å²) in [6.45, 7) is 7.91. The minimum absolute atomic E-state index is 0.0105. The van der Waals surface area contributed by atoms with Gasteiger partial charge in [-0.2, -0.15) is 0 Å². The van der Waals surface area contributed by atoms with E-state index in [9.17, 15) is 74.6 Å². The minimum atomic E-state index is -5.81. The van der Waals surface area contributed by atoms with Gasteiger partial charge in [-0.1, -0.05) is 349 Å². The molecule has 0 bridgehead atoms. The van der Waals surface area contributed by atoms with E-state index in [1.54, 1.807) is 0 Å². The van der Waals surface area contributed by atoms with Gasteiger partial charge in [-0.25, -0.2) is 4.57 Å². The van der Waals surface area contributed by atoms with Gasteiger partial charge in [-0.15, -0.1) is 0 Å². The normalized spacial score (nSPS) is 25.2. The number of hydrogen-bond donors (Lipinski definition) is 10. The lowest BCUT2D eigenvalue weighted by atomic mass is 9.84. The highest BCUT2D eigenvalue weighted by atomic mass is 31.2. The maximum absolute atomic E-state index is 14.9. The number of hydrogen-bond acceptors (Lipinski definition) is 24. The quantitative estimate of drug-likeness (QED) is 0.00889. The third-order valence-electron chi connectivity index (χ3n) is 23.7. The first-order chi connectivity index (χ1) is 57.1. The van der Waals surface area contributed by atoms with E-state index in [0.29, 0.717) is 38.0 Å². The second-order valence-corrected chi connectivity index (χ2v) is 35.9. The summed E-state index contributed by atoms with van der Waals surface area (Å²) in [4.78, 5) is 66.5. The third-order valence-corrected chi connectivity index (χ3v) is 24.7. The molecule has 0 aromatic carbocycles. The summed E-state index contributed by atoms with van der Waals surface area (Å²) < 4.78 is 73.5. The lowest BCUT2D eigenvalue weighted by molar-refractivity contribution is -0.360. The number of phosphoric ester groups is 1. The number of unbranched alkanes of at least 4 members (excludes halogenated alkanes) is 47. The van der Waals surface area contributed by atoms with E-state index in [-0.39, 0.29) is 25.7 Å². The van der Waals surface area contributed by atoms with Crippen molar-refractivity contribution in [1.29, 1.82) is 0 Å². The van der Waals surface area contributed by atoms with Crippen LogP contribution in [-0.2, 0) is 70.7 Å². The molecule has 0 amide bonds. The summed E-state index contributed by atoms with van der Waals surface area (Å²) in [6.07, 6.45) is 27.7. The molecule has 2 saturated heterocycles. The molecule has 10 N–H and O–H groups in total. The van der Waals surface area contributed by atoms with Gasteiger partial charge in [-0.3, -0.25) is 28.2 Å². The van der Waals surface area contributed by atoms with E-state index in [1.165, 1.54) is 173 Å². The second-order valence-electron chi connectivity index (χ2n) is 34.5. The van der Waals surface area contributed by atoms with Crippen molar-refractivity contribution in [3.05, 3.63) is 12.2 Å². The molecule has 19 unspecified atom stereocenters. The van der Waals surface area contributed by atoms with Crippen LogP contribution in [0.25, 0.3) is 0 Å². The van der Waals surface area contributed by atoms with Crippen molar-refractivity contribution in [3.63, 3.8) is 0 Å². The smallest absolute Gasteiger partial charge is 0.463 e. The van der Waals surface area contributed by atoms with Crippen molar-refractivity contribution in [3.8, 4) is 0 Å². The van der Waals surface area contributed by atoms with E-state index in [0.717, 1.165) is 148 Å². The molecule has 0 spiro atoms. The lowest BCUT2D eigenvalue weighted by Crippen LogP contribution is -2.70. The van der Waals surface area contributed by atoms with Crippen LogP contribution in [0.2, 0.25) is 0 Å². The first-order valence-electron chi connectivity index (χ1n) is 47.8. The summed E-state index contributed by atoms with van der Waals surface area (Å²) in [6, 6.07) is 0. The summed E-state index contributed by atoms with van der Waals surface area (Å²) in [5.74, 6) is -2.33. The van der Waals surface area contributed by atoms with Crippen LogP contribution in [-0.4, -0.2) is 205 Å². The van der Waals surface area contributed by atoms with Crippen LogP contribution >= 0.6 is 7.82 Å². The molecule has 118 heavy (non-hydrogen) atoms. The number of aliphatic hydroxyl groups is 9. The second kappa shape index (κ2) is 70.4. The van der Waals surface area contributed by atoms with E-state index in [4.69, 9.17) is 46.9 Å². The Morgan fingerprint density at radius 2 is 0.686 bits per heavy atom. The van der Waals surface area contributed by atoms with Crippen molar-refractivity contribution >= 4 is 31.7 Å². The van der Waals surface area contributed by atoms with E-state index in [2.05, 4.69) is 46.8 Å². The minimum Gasteiger partial charge on any atom is -0.463 e. The van der Waals surface area contributed by atoms with E-state index in [1.807, 2.05) is 0 Å². The van der Waals surface area contributed by atoms with Gasteiger partial charge in [0.15, 0.2) is 24.8 Å². The fourth-order valence-electron chi connectivity index (χ4n) is 16.0. The van der Waals surface area contributed by atoms with Crippen LogP contribution < -0.4 is 0 Å².